The molecular formula is C18H21N. The minimum atomic E-state index is 0.825. The largest absolute Gasteiger partial charge is 0.299 e. The summed E-state index contributed by atoms with van der Waals surface area (Å²) in [6, 6.07) is 21.7. The van der Waals surface area contributed by atoms with Crippen molar-refractivity contribution in [2.45, 2.75) is 19.4 Å². The van der Waals surface area contributed by atoms with Crippen LogP contribution in [0.2, 0.25) is 0 Å². The molecule has 1 nitrogen and oxygen atoms in total. The molecule has 1 heterocycles. The Morgan fingerprint density at radius 1 is 0.842 bits per heavy atom. The van der Waals surface area contributed by atoms with Crippen molar-refractivity contribution in [3.8, 4) is 0 Å². The predicted octanol–water partition coefficient (Wildman–Crippen LogP) is 3.75. The van der Waals surface area contributed by atoms with Crippen LogP contribution in [0.4, 0.5) is 0 Å². The molecule has 0 aromatic heterocycles. The van der Waals surface area contributed by atoms with Gasteiger partial charge in [-0.1, -0.05) is 60.7 Å². The van der Waals surface area contributed by atoms with Crippen molar-refractivity contribution >= 4 is 0 Å². The van der Waals surface area contributed by atoms with E-state index in [9.17, 15) is 0 Å². The van der Waals surface area contributed by atoms with Gasteiger partial charge >= 0.3 is 0 Å². The van der Waals surface area contributed by atoms with Crippen LogP contribution in [0.25, 0.3) is 0 Å². The van der Waals surface area contributed by atoms with Gasteiger partial charge in [0.25, 0.3) is 0 Å². The van der Waals surface area contributed by atoms with Crippen molar-refractivity contribution in [3.05, 3.63) is 71.8 Å². The Balaban J connectivity index is 1.53. The smallest absolute Gasteiger partial charge is 0.0233 e. The summed E-state index contributed by atoms with van der Waals surface area (Å²) >= 11 is 0. The van der Waals surface area contributed by atoms with E-state index in [2.05, 4.69) is 65.6 Å². The third-order valence-electron chi connectivity index (χ3n) is 3.99. The van der Waals surface area contributed by atoms with Gasteiger partial charge < -0.3 is 0 Å². The Hall–Kier alpha value is -1.60. The number of nitrogens with zero attached hydrogens (tertiary/aromatic N) is 1. The second-order valence-corrected chi connectivity index (χ2v) is 5.57. The van der Waals surface area contributed by atoms with Crippen molar-refractivity contribution < 1.29 is 0 Å². The van der Waals surface area contributed by atoms with Gasteiger partial charge in [-0.15, -0.1) is 0 Å². The standard InChI is InChI=1S/C18H21N/c1-3-7-16(8-4-1)13-18-11-12-19(15-18)14-17-9-5-2-6-10-17/h1-10,18H,11-15H2. The summed E-state index contributed by atoms with van der Waals surface area (Å²) in [7, 11) is 0. The van der Waals surface area contributed by atoms with Crippen LogP contribution in [-0.2, 0) is 13.0 Å². The number of rotatable bonds is 4. The summed E-state index contributed by atoms with van der Waals surface area (Å²) in [5, 5.41) is 0. The minimum Gasteiger partial charge on any atom is -0.299 e. The van der Waals surface area contributed by atoms with Crippen LogP contribution in [0.3, 0.4) is 0 Å². The van der Waals surface area contributed by atoms with E-state index in [-0.39, 0.29) is 0 Å². The molecule has 2 aromatic rings. The lowest BCUT2D eigenvalue weighted by Gasteiger charge is -2.16. The average molecular weight is 251 g/mol. The first-order chi connectivity index (χ1) is 9.40. The lowest BCUT2D eigenvalue weighted by atomic mass is 9.99. The molecule has 98 valence electrons. The summed E-state index contributed by atoms with van der Waals surface area (Å²) in [5.41, 5.74) is 2.91. The zero-order valence-corrected chi connectivity index (χ0v) is 11.3. The van der Waals surface area contributed by atoms with Crippen LogP contribution in [0.15, 0.2) is 60.7 Å². The van der Waals surface area contributed by atoms with Crippen LogP contribution in [0.1, 0.15) is 17.5 Å². The van der Waals surface area contributed by atoms with Gasteiger partial charge in [0.1, 0.15) is 0 Å². The van der Waals surface area contributed by atoms with Crippen molar-refractivity contribution in [1.29, 1.82) is 0 Å². The molecule has 3 rings (SSSR count). The molecule has 1 saturated heterocycles. The first-order valence-electron chi connectivity index (χ1n) is 7.20. The Labute approximate surface area is 115 Å². The van der Waals surface area contributed by atoms with E-state index in [1.165, 1.54) is 37.1 Å². The van der Waals surface area contributed by atoms with Crippen molar-refractivity contribution in [3.63, 3.8) is 0 Å². The van der Waals surface area contributed by atoms with Gasteiger partial charge in [-0.2, -0.15) is 0 Å². The summed E-state index contributed by atoms with van der Waals surface area (Å²) in [6.07, 6.45) is 2.56. The van der Waals surface area contributed by atoms with Gasteiger partial charge in [0.2, 0.25) is 0 Å². The number of benzene rings is 2. The number of hydrogen-bond acceptors (Lipinski definition) is 1. The van der Waals surface area contributed by atoms with E-state index in [1.807, 2.05) is 0 Å². The zero-order chi connectivity index (χ0) is 12.9. The maximum atomic E-state index is 2.59. The highest BCUT2D eigenvalue weighted by Gasteiger charge is 2.22. The van der Waals surface area contributed by atoms with Crippen molar-refractivity contribution in [2.24, 2.45) is 5.92 Å². The molecule has 0 radical (unpaired) electrons. The molecule has 19 heavy (non-hydrogen) atoms. The highest BCUT2D eigenvalue weighted by Crippen LogP contribution is 2.22. The molecule has 1 aliphatic heterocycles. The molecule has 1 aliphatic rings. The van der Waals surface area contributed by atoms with Crippen LogP contribution >= 0.6 is 0 Å². The summed E-state index contributed by atoms with van der Waals surface area (Å²) in [5.74, 6) is 0.825. The molecule has 0 bridgehead atoms. The van der Waals surface area contributed by atoms with Gasteiger partial charge in [-0.25, -0.2) is 0 Å². The lowest BCUT2D eigenvalue weighted by molar-refractivity contribution is 0.316. The van der Waals surface area contributed by atoms with Crippen LogP contribution < -0.4 is 0 Å². The lowest BCUT2D eigenvalue weighted by Crippen LogP contribution is -2.20. The van der Waals surface area contributed by atoms with Gasteiger partial charge in [-0.3, -0.25) is 4.90 Å². The fourth-order valence-corrected chi connectivity index (χ4v) is 3.01. The zero-order valence-electron chi connectivity index (χ0n) is 11.3. The Morgan fingerprint density at radius 3 is 2.16 bits per heavy atom. The molecule has 2 aromatic carbocycles. The molecular weight excluding hydrogens is 230 g/mol. The maximum absolute atomic E-state index is 2.59. The maximum Gasteiger partial charge on any atom is 0.0233 e. The fraction of sp³-hybridized carbons (Fsp3) is 0.333. The first kappa shape index (κ1) is 12.4. The molecule has 0 saturated carbocycles. The number of hydrogen-bond donors (Lipinski definition) is 0. The highest BCUT2D eigenvalue weighted by molar-refractivity contribution is 5.16. The quantitative estimate of drug-likeness (QED) is 0.800. The van der Waals surface area contributed by atoms with Crippen LogP contribution in [0.5, 0.6) is 0 Å². The van der Waals surface area contributed by atoms with E-state index < -0.39 is 0 Å². The Kier molecular flexibility index (Phi) is 3.95. The average Bonchev–Trinajstić information content (AvgIpc) is 2.88. The number of likely N-dealkylation sites (tertiary alicyclic amines) is 1. The van der Waals surface area contributed by atoms with Gasteiger partial charge in [0.15, 0.2) is 0 Å². The summed E-state index contributed by atoms with van der Waals surface area (Å²) < 4.78 is 0. The molecule has 1 heteroatoms. The van der Waals surface area contributed by atoms with Gasteiger partial charge in [0, 0.05) is 13.1 Å². The SMILES string of the molecule is c1ccc(CC2CCN(Cc3ccccc3)C2)cc1. The van der Waals surface area contributed by atoms with E-state index in [4.69, 9.17) is 0 Å². The van der Waals surface area contributed by atoms with Crippen molar-refractivity contribution in [1.82, 2.24) is 4.90 Å². The summed E-state index contributed by atoms with van der Waals surface area (Å²) in [4.78, 5) is 2.59. The second-order valence-electron chi connectivity index (χ2n) is 5.57. The topological polar surface area (TPSA) is 3.24 Å². The molecule has 1 atom stereocenters. The Bertz CT molecular complexity index is 444. The molecule has 0 N–H and O–H groups in total. The second kappa shape index (κ2) is 6.03. The monoisotopic (exact) mass is 251 g/mol. The van der Waals surface area contributed by atoms with E-state index >= 15 is 0 Å². The normalized spacial score (nSPS) is 19.7. The van der Waals surface area contributed by atoms with Gasteiger partial charge in [-0.05, 0) is 36.4 Å². The molecule has 1 fully saturated rings. The van der Waals surface area contributed by atoms with E-state index in [0.29, 0.717) is 0 Å². The fourth-order valence-electron chi connectivity index (χ4n) is 3.01. The van der Waals surface area contributed by atoms with Gasteiger partial charge in [0.05, 0.1) is 0 Å². The third kappa shape index (κ3) is 3.45. The molecule has 0 amide bonds. The molecule has 1 unspecified atom stereocenters. The predicted molar refractivity (Wildman–Crippen MR) is 80.0 cm³/mol. The van der Waals surface area contributed by atoms with E-state index in [1.54, 1.807) is 0 Å². The highest BCUT2D eigenvalue weighted by atomic mass is 15.1. The van der Waals surface area contributed by atoms with Crippen LogP contribution in [-0.4, -0.2) is 18.0 Å². The third-order valence-corrected chi connectivity index (χ3v) is 3.99. The molecule has 0 aliphatic carbocycles. The van der Waals surface area contributed by atoms with E-state index in [0.717, 1.165) is 12.5 Å². The van der Waals surface area contributed by atoms with Crippen LogP contribution in [0, 0.1) is 5.92 Å². The van der Waals surface area contributed by atoms with Crippen molar-refractivity contribution in [2.75, 3.05) is 13.1 Å². The minimum absolute atomic E-state index is 0.825. The Morgan fingerprint density at radius 2 is 1.47 bits per heavy atom. The summed E-state index contributed by atoms with van der Waals surface area (Å²) in [6.45, 7) is 3.59. The molecule has 0 spiro atoms. The first-order valence-corrected chi connectivity index (χ1v) is 7.20.